The molecule has 1 unspecified atom stereocenters. The Bertz CT molecular complexity index is 978. The molecular weight excluding hydrogens is 408 g/mol. The number of nitrogens with two attached hydrogens (primary N) is 1. The van der Waals surface area contributed by atoms with Crippen molar-refractivity contribution in [2.45, 2.75) is 43.5 Å². The Balaban J connectivity index is 1.57. The number of thiophene rings is 1. The van der Waals surface area contributed by atoms with Gasteiger partial charge in [0.05, 0.1) is 28.0 Å². The van der Waals surface area contributed by atoms with E-state index in [0.29, 0.717) is 35.1 Å². The number of aromatic nitrogens is 2. The third-order valence-electron chi connectivity index (χ3n) is 5.00. The Kier molecular flexibility index (Phi) is 5.17. The van der Waals surface area contributed by atoms with Crippen LogP contribution < -0.4 is 16.4 Å². The van der Waals surface area contributed by atoms with Crippen LogP contribution in [0.2, 0.25) is 5.02 Å². The van der Waals surface area contributed by atoms with Crippen LogP contribution in [0.4, 0.5) is 20.3 Å². The first-order valence-electron chi connectivity index (χ1n) is 8.90. The third-order valence-corrected chi connectivity index (χ3v) is 6.19. The Morgan fingerprint density at radius 3 is 2.86 bits per heavy atom. The normalized spacial score (nSPS) is 22.9. The minimum absolute atomic E-state index is 0.191. The van der Waals surface area contributed by atoms with E-state index in [1.54, 1.807) is 33.5 Å². The van der Waals surface area contributed by atoms with Crippen molar-refractivity contribution in [1.29, 1.82) is 0 Å². The predicted octanol–water partition coefficient (Wildman–Crippen LogP) is 4.08. The van der Waals surface area contributed by atoms with Gasteiger partial charge in [-0.15, -0.1) is 11.3 Å². The monoisotopic (exact) mass is 427 g/mol. The number of hydrogen-bond donors (Lipinski definition) is 4. The maximum absolute atomic E-state index is 13.9. The molecule has 1 fully saturated rings. The summed E-state index contributed by atoms with van der Waals surface area (Å²) in [5, 5.41) is 25.1. The van der Waals surface area contributed by atoms with Crippen molar-refractivity contribution in [3.63, 3.8) is 0 Å². The molecule has 0 saturated heterocycles. The molecule has 6 nitrogen and oxygen atoms in total. The molecule has 4 rings (SSSR count). The second kappa shape index (κ2) is 7.47. The Hall–Kier alpha value is -1.94. The lowest BCUT2D eigenvalue weighted by Gasteiger charge is -2.36. The molecule has 3 heterocycles. The van der Waals surface area contributed by atoms with E-state index in [2.05, 4.69) is 15.7 Å². The van der Waals surface area contributed by atoms with Crippen LogP contribution in [0.25, 0.3) is 5.52 Å². The van der Waals surface area contributed by atoms with Gasteiger partial charge in [0, 0.05) is 23.2 Å². The first-order valence-corrected chi connectivity index (χ1v) is 10.2. The van der Waals surface area contributed by atoms with Gasteiger partial charge in [-0.05, 0) is 37.1 Å². The van der Waals surface area contributed by atoms with Crippen molar-refractivity contribution in [2.24, 2.45) is 5.73 Å². The van der Waals surface area contributed by atoms with Crippen LogP contribution in [0.15, 0.2) is 35.0 Å². The summed E-state index contributed by atoms with van der Waals surface area (Å²) in [5.74, 6) is -2.47. The molecule has 1 aliphatic carbocycles. The second-order valence-corrected chi connectivity index (χ2v) is 8.07. The van der Waals surface area contributed by atoms with Crippen LogP contribution in [0, 0.1) is 0 Å². The quantitative estimate of drug-likeness (QED) is 0.461. The minimum Gasteiger partial charge on any atom is -0.368 e. The van der Waals surface area contributed by atoms with Crippen molar-refractivity contribution >= 4 is 40.0 Å². The number of alkyl halides is 2. The van der Waals surface area contributed by atoms with E-state index >= 15 is 0 Å². The molecule has 3 aromatic rings. The van der Waals surface area contributed by atoms with Gasteiger partial charge in [-0.2, -0.15) is 5.10 Å². The van der Waals surface area contributed by atoms with E-state index in [9.17, 15) is 13.9 Å². The van der Waals surface area contributed by atoms with Crippen LogP contribution in [0.5, 0.6) is 0 Å². The SMILES string of the molecule is N[C@@H]1[C@H](Nc2ccc3ccc(C(O)Nc4cscc4Cl)n3n2)CCCC1(F)F. The minimum atomic E-state index is -2.89. The summed E-state index contributed by atoms with van der Waals surface area (Å²) in [4.78, 5) is 0. The Morgan fingerprint density at radius 2 is 2.11 bits per heavy atom. The zero-order valence-corrected chi connectivity index (χ0v) is 16.4. The van der Waals surface area contributed by atoms with Crippen LogP contribution in [0.3, 0.4) is 0 Å². The van der Waals surface area contributed by atoms with Crippen molar-refractivity contribution < 1.29 is 13.9 Å². The maximum atomic E-state index is 13.9. The number of nitrogens with one attached hydrogen (secondary N) is 2. The van der Waals surface area contributed by atoms with Crippen LogP contribution in [-0.4, -0.2) is 32.7 Å². The molecule has 0 amide bonds. The van der Waals surface area contributed by atoms with Gasteiger partial charge in [-0.3, -0.25) is 0 Å². The highest BCUT2D eigenvalue weighted by Gasteiger charge is 2.44. The fourth-order valence-corrected chi connectivity index (χ4v) is 4.42. The molecule has 3 aromatic heterocycles. The van der Waals surface area contributed by atoms with Gasteiger partial charge in [0.25, 0.3) is 5.92 Å². The molecule has 0 aromatic carbocycles. The Labute approximate surface area is 169 Å². The molecule has 28 heavy (non-hydrogen) atoms. The molecule has 10 heteroatoms. The highest BCUT2D eigenvalue weighted by Crippen LogP contribution is 2.34. The van der Waals surface area contributed by atoms with Gasteiger partial charge in [0.2, 0.25) is 0 Å². The number of nitrogens with zero attached hydrogens (tertiary/aromatic N) is 2. The number of rotatable bonds is 5. The number of aliphatic hydroxyl groups is 1. The van der Waals surface area contributed by atoms with Crippen LogP contribution in [0.1, 0.15) is 31.2 Å². The fraction of sp³-hybridized carbons (Fsp3) is 0.389. The largest absolute Gasteiger partial charge is 0.368 e. The topological polar surface area (TPSA) is 87.6 Å². The summed E-state index contributed by atoms with van der Waals surface area (Å²) in [7, 11) is 0. The molecule has 1 saturated carbocycles. The van der Waals surface area contributed by atoms with Gasteiger partial charge in [0.15, 0.2) is 6.23 Å². The van der Waals surface area contributed by atoms with E-state index in [4.69, 9.17) is 17.3 Å². The van der Waals surface area contributed by atoms with Gasteiger partial charge in [0.1, 0.15) is 5.82 Å². The summed E-state index contributed by atoms with van der Waals surface area (Å²) in [6, 6.07) is 5.23. The maximum Gasteiger partial charge on any atom is 0.264 e. The van der Waals surface area contributed by atoms with E-state index in [0.717, 1.165) is 5.52 Å². The van der Waals surface area contributed by atoms with Gasteiger partial charge >= 0.3 is 0 Å². The summed E-state index contributed by atoms with van der Waals surface area (Å²) in [6.45, 7) is 0. The van der Waals surface area contributed by atoms with E-state index in [1.165, 1.54) is 11.3 Å². The van der Waals surface area contributed by atoms with E-state index in [1.807, 2.05) is 6.07 Å². The Morgan fingerprint density at radius 1 is 1.32 bits per heavy atom. The van der Waals surface area contributed by atoms with Crippen molar-refractivity contribution in [1.82, 2.24) is 9.61 Å². The molecule has 3 atom stereocenters. The first kappa shape index (κ1) is 19.4. The third kappa shape index (κ3) is 3.67. The van der Waals surface area contributed by atoms with Crippen LogP contribution in [-0.2, 0) is 0 Å². The predicted molar refractivity (Wildman–Crippen MR) is 107 cm³/mol. The van der Waals surface area contributed by atoms with Crippen molar-refractivity contribution in [3.05, 3.63) is 45.7 Å². The number of fused-ring (bicyclic) bond motifs is 1. The summed E-state index contributed by atoms with van der Waals surface area (Å²) < 4.78 is 29.4. The lowest BCUT2D eigenvalue weighted by Crippen LogP contribution is -2.55. The highest BCUT2D eigenvalue weighted by molar-refractivity contribution is 7.09. The number of anilines is 2. The average molecular weight is 428 g/mol. The summed E-state index contributed by atoms with van der Waals surface area (Å²) >= 11 is 7.48. The molecule has 5 N–H and O–H groups in total. The average Bonchev–Trinajstić information content (AvgIpc) is 3.25. The standard InChI is InChI=1S/C18H20ClF2N5OS/c19-11-8-28-9-13(11)24-17(27)14-5-3-10-4-6-15(25-26(10)14)23-12-2-1-7-18(20,21)16(12)22/h3-6,8-9,12,16-17,24,27H,1-2,7,22H2,(H,23,25)/t12-,16-,17?/m1/s1. The summed E-state index contributed by atoms with van der Waals surface area (Å²) in [5.41, 5.74) is 7.64. The van der Waals surface area contributed by atoms with E-state index < -0.39 is 24.2 Å². The second-order valence-electron chi connectivity index (χ2n) is 6.92. The number of halogens is 3. The first-order chi connectivity index (χ1) is 13.3. The molecule has 1 aliphatic rings. The molecule has 0 radical (unpaired) electrons. The van der Waals surface area contributed by atoms with Gasteiger partial charge in [-0.25, -0.2) is 13.3 Å². The van der Waals surface area contributed by atoms with Crippen molar-refractivity contribution in [3.8, 4) is 0 Å². The highest BCUT2D eigenvalue weighted by atomic mass is 35.5. The number of hydrogen-bond acceptors (Lipinski definition) is 6. The van der Waals surface area contributed by atoms with Crippen LogP contribution >= 0.6 is 22.9 Å². The van der Waals surface area contributed by atoms with Gasteiger partial charge in [-0.1, -0.05) is 11.6 Å². The smallest absolute Gasteiger partial charge is 0.264 e. The zero-order valence-electron chi connectivity index (χ0n) is 14.8. The molecule has 0 spiro atoms. The molecule has 0 bridgehead atoms. The summed E-state index contributed by atoms with van der Waals surface area (Å²) in [6.07, 6.45) is -0.280. The fourth-order valence-electron chi connectivity index (χ4n) is 3.45. The zero-order chi connectivity index (χ0) is 19.9. The van der Waals surface area contributed by atoms with E-state index in [-0.39, 0.29) is 6.42 Å². The number of aliphatic hydroxyl groups excluding tert-OH is 1. The van der Waals surface area contributed by atoms with Gasteiger partial charge < -0.3 is 21.5 Å². The lowest BCUT2D eigenvalue weighted by molar-refractivity contribution is -0.0554. The molecular formula is C18H20ClF2N5OS. The van der Waals surface area contributed by atoms with Crippen molar-refractivity contribution in [2.75, 3.05) is 10.6 Å². The molecule has 0 aliphatic heterocycles. The molecule has 150 valence electrons. The lowest BCUT2D eigenvalue weighted by atomic mass is 9.87.